The number of fused-ring (bicyclic) bond motifs is 1. The van der Waals surface area contributed by atoms with Gasteiger partial charge in [-0.2, -0.15) is 0 Å². The standard InChI is InChI=1S/C9H8N4O2/c10-12-8-5-4-6-2-1-3-7(13(14)15)9(6)11-8/h1-5H,10H2,(H,11,12). The van der Waals surface area contributed by atoms with Crippen LogP contribution in [0.25, 0.3) is 10.9 Å². The Bertz CT molecular complexity index is 527. The highest BCUT2D eigenvalue weighted by atomic mass is 16.6. The number of aromatic nitrogens is 1. The van der Waals surface area contributed by atoms with E-state index in [1.807, 2.05) is 0 Å². The van der Waals surface area contributed by atoms with Crippen LogP contribution < -0.4 is 11.3 Å². The second-order valence-electron chi connectivity index (χ2n) is 2.95. The number of hydrogen-bond donors (Lipinski definition) is 2. The normalized spacial score (nSPS) is 10.2. The van der Waals surface area contributed by atoms with E-state index in [-0.39, 0.29) is 5.69 Å². The highest BCUT2D eigenvalue weighted by Gasteiger charge is 2.12. The number of anilines is 1. The van der Waals surface area contributed by atoms with Crippen molar-refractivity contribution in [1.29, 1.82) is 0 Å². The van der Waals surface area contributed by atoms with E-state index in [9.17, 15) is 10.1 Å². The third-order valence-electron chi connectivity index (χ3n) is 2.04. The molecule has 0 aliphatic rings. The predicted molar refractivity (Wildman–Crippen MR) is 56.2 cm³/mol. The van der Waals surface area contributed by atoms with Gasteiger partial charge in [0, 0.05) is 11.5 Å². The third kappa shape index (κ3) is 1.57. The largest absolute Gasteiger partial charge is 0.308 e. The van der Waals surface area contributed by atoms with Crippen molar-refractivity contribution < 1.29 is 4.92 Å². The third-order valence-corrected chi connectivity index (χ3v) is 2.04. The minimum Gasteiger partial charge on any atom is -0.308 e. The van der Waals surface area contributed by atoms with Crippen LogP contribution in [0.5, 0.6) is 0 Å². The maximum atomic E-state index is 10.7. The van der Waals surface area contributed by atoms with E-state index >= 15 is 0 Å². The number of nitrogens with one attached hydrogen (secondary N) is 1. The fraction of sp³-hybridized carbons (Fsp3) is 0. The van der Waals surface area contributed by atoms with Crippen molar-refractivity contribution in [3.8, 4) is 0 Å². The van der Waals surface area contributed by atoms with Crippen molar-refractivity contribution in [1.82, 2.24) is 4.98 Å². The summed E-state index contributed by atoms with van der Waals surface area (Å²) in [7, 11) is 0. The molecule has 0 atom stereocenters. The predicted octanol–water partition coefficient (Wildman–Crippen LogP) is 1.43. The monoisotopic (exact) mass is 204 g/mol. The summed E-state index contributed by atoms with van der Waals surface area (Å²) in [5.74, 6) is 5.58. The highest BCUT2D eigenvalue weighted by Crippen LogP contribution is 2.24. The molecule has 1 aromatic carbocycles. The lowest BCUT2D eigenvalue weighted by Gasteiger charge is -2.01. The molecule has 0 spiro atoms. The first kappa shape index (κ1) is 9.35. The zero-order chi connectivity index (χ0) is 10.8. The minimum atomic E-state index is -0.463. The van der Waals surface area contributed by atoms with E-state index in [0.29, 0.717) is 16.7 Å². The molecule has 0 fully saturated rings. The fourth-order valence-corrected chi connectivity index (χ4v) is 1.36. The second-order valence-corrected chi connectivity index (χ2v) is 2.95. The Kier molecular flexibility index (Phi) is 2.18. The summed E-state index contributed by atoms with van der Waals surface area (Å²) in [5.41, 5.74) is 2.66. The maximum absolute atomic E-state index is 10.7. The molecule has 76 valence electrons. The summed E-state index contributed by atoms with van der Waals surface area (Å²) < 4.78 is 0. The van der Waals surface area contributed by atoms with E-state index in [0.717, 1.165) is 0 Å². The van der Waals surface area contributed by atoms with Gasteiger partial charge in [0.05, 0.1) is 4.92 Å². The Morgan fingerprint density at radius 3 is 2.80 bits per heavy atom. The highest BCUT2D eigenvalue weighted by molar-refractivity contribution is 5.88. The summed E-state index contributed by atoms with van der Waals surface area (Å²) in [6.45, 7) is 0. The first-order valence-electron chi connectivity index (χ1n) is 4.23. The van der Waals surface area contributed by atoms with Crippen molar-refractivity contribution in [2.24, 2.45) is 5.84 Å². The molecule has 0 amide bonds. The molecule has 6 nitrogen and oxygen atoms in total. The molecule has 0 saturated carbocycles. The van der Waals surface area contributed by atoms with Crippen molar-refractivity contribution in [3.05, 3.63) is 40.4 Å². The molecule has 0 saturated heterocycles. The van der Waals surface area contributed by atoms with Crippen LogP contribution in [0.2, 0.25) is 0 Å². The van der Waals surface area contributed by atoms with Crippen LogP contribution >= 0.6 is 0 Å². The van der Waals surface area contributed by atoms with Gasteiger partial charge in [0.15, 0.2) is 5.52 Å². The van der Waals surface area contributed by atoms with Crippen molar-refractivity contribution in [2.45, 2.75) is 0 Å². The Labute approximate surface area is 84.8 Å². The lowest BCUT2D eigenvalue weighted by atomic mass is 10.2. The molecule has 1 aromatic heterocycles. The van der Waals surface area contributed by atoms with E-state index in [4.69, 9.17) is 5.84 Å². The second kappa shape index (κ2) is 3.50. The van der Waals surface area contributed by atoms with Crippen molar-refractivity contribution in [3.63, 3.8) is 0 Å². The number of nitrogens with two attached hydrogens (primary N) is 1. The van der Waals surface area contributed by atoms with Gasteiger partial charge in [0.25, 0.3) is 5.69 Å². The van der Waals surface area contributed by atoms with Crippen molar-refractivity contribution in [2.75, 3.05) is 5.43 Å². The van der Waals surface area contributed by atoms with E-state index < -0.39 is 4.92 Å². The lowest BCUT2D eigenvalue weighted by Crippen LogP contribution is -2.08. The number of nitrogen functional groups attached to an aromatic ring is 1. The molecular weight excluding hydrogens is 196 g/mol. The molecule has 0 aliphatic carbocycles. The molecule has 2 aromatic rings. The summed E-state index contributed by atoms with van der Waals surface area (Å²) in [4.78, 5) is 14.3. The average molecular weight is 204 g/mol. The average Bonchev–Trinajstić information content (AvgIpc) is 2.27. The smallest absolute Gasteiger partial charge is 0.295 e. The van der Waals surface area contributed by atoms with Crippen LogP contribution in [0.4, 0.5) is 11.5 Å². The molecule has 3 N–H and O–H groups in total. The topological polar surface area (TPSA) is 94.1 Å². The van der Waals surface area contributed by atoms with Gasteiger partial charge in [-0.05, 0) is 12.1 Å². The number of benzene rings is 1. The van der Waals surface area contributed by atoms with Crippen molar-refractivity contribution >= 4 is 22.4 Å². The summed E-state index contributed by atoms with van der Waals surface area (Å²) >= 11 is 0. The molecular formula is C9H8N4O2. The molecule has 6 heteroatoms. The molecule has 0 radical (unpaired) electrons. The number of nitro groups is 1. The Balaban J connectivity index is 2.76. The molecule has 0 aliphatic heterocycles. The zero-order valence-corrected chi connectivity index (χ0v) is 7.68. The molecule has 0 unspecified atom stereocenters. The van der Waals surface area contributed by atoms with Crippen LogP contribution in [-0.2, 0) is 0 Å². The number of para-hydroxylation sites is 1. The van der Waals surface area contributed by atoms with Gasteiger partial charge in [-0.3, -0.25) is 10.1 Å². The number of pyridine rings is 1. The summed E-state index contributed by atoms with van der Waals surface area (Å²) in [6.07, 6.45) is 0. The van der Waals surface area contributed by atoms with Gasteiger partial charge < -0.3 is 5.43 Å². The molecule has 2 rings (SSSR count). The summed E-state index contributed by atoms with van der Waals surface area (Å²) in [6, 6.07) is 8.18. The fourth-order valence-electron chi connectivity index (χ4n) is 1.36. The van der Waals surface area contributed by atoms with Gasteiger partial charge in [0.1, 0.15) is 5.82 Å². The summed E-state index contributed by atoms with van der Waals surface area (Å²) in [5, 5.41) is 11.4. The number of nitrogens with zero attached hydrogens (tertiary/aromatic N) is 2. The number of nitro benzene ring substituents is 1. The quantitative estimate of drug-likeness (QED) is 0.438. The molecule has 1 heterocycles. The van der Waals surface area contributed by atoms with Crippen LogP contribution in [0.3, 0.4) is 0 Å². The number of hydrazine groups is 1. The van der Waals surface area contributed by atoms with E-state index in [2.05, 4.69) is 10.4 Å². The van der Waals surface area contributed by atoms with Gasteiger partial charge in [-0.25, -0.2) is 10.8 Å². The first-order valence-corrected chi connectivity index (χ1v) is 4.23. The van der Waals surface area contributed by atoms with Gasteiger partial charge in [-0.15, -0.1) is 0 Å². The zero-order valence-electron chi connectivity index (χ0n) is 7.68. The molecule has 15 heavy (non-hydrogen) atoms. The Morgan fingerprint density at radius 2 is 2.13 bits per heavy atom. The number of non-ortho nitro benzene ring substituents is 1. The van der Waals surface area contributed by atoms with E-state index in [1.165, 1.54) is 6.07 Å². The van der Waals surface area contributed by atoms with Gasteiger partial charge in [-0.1, -0.05) is 12.1 Å². The Morgan fingerprint density at radius 1 is 1.33 bits per heavy atom. The Hall–Kier alpha value is -2.21. The number of hydrogen-bond acceptors (Lipinski definition) is 5. The molecule has 0 bridgehead atoms. The van der Waals surface area contributed by atoms with Crippen LogP contribution in [0, 0.1) is 10.1 Å². The van der Waals surface area contributed by atoms with Crippen LogP contribution in [0.15, 0.2) is 30.3 Å². The SMILES string of the molecule is NNc1ccc2cccc([N+](=O)[O-])c2n1. The number of rotatable bonds is 2. The minimum absolute atomic E-state index is 0.0235. The van der Waals surface area contributed by atoms with Gasteiger partial charge >= 0.3 is 0 Å². The van der Waals surface area contributed by atoms with Crippen LogP contribution in [0.1, 0.15) is 0 Å². The van der Waals surface area contributed by atoms with Crippen LogP contribution in [-0.4, -0.2) is 9.91 Å². The van der Waals surface area contributed by atoms with E-state index in [1.54, 1.807) is 24.3 Å². The maximum Gasteiger partial charge on any atom is 0.295 e. The first-order chi connectivity index (χ1) is 7.22. The van der Waals surface area contributed by atoms with Gasteiger partial charge in [0.2, 0.25) is 0 Å². The lowest BCUT2D eigenvalue weighted by molar-refractivity contribution is -0.383.